The molecule has 1 saturated carbocycles. The second kappa shape index (κ2) is 5.26. The average molecular weight is 284 g/mol. The zero-order valence-electron chi connectivity index (χ0n) is 10.4. The summed E-state index contributed by atoms with van der Waals surface area (Å²) in [4.78, 5) is 14.8. The minimum atomic E-state index is -3.72. The van der Waals surface area contributed by atoms with Gasteiger partial charge in [0.05, 0.1) is 6.42 Å². The van der Waals surface area contributed by atoms with Gasteiger partial charge in [0.15, 0.2) is 0 Å². The number of hydrogen-bond acceptors (Lipinski definition) is 4. The number of sulfonamides is 1. The fraction of sp³-hybridized carbons (Fsp3) is 0.500. The van der Waals surface area contributed by atoms with Crippen molar-refractivity contribution in [1.29, 1.82) is 0 Å². The Morgan fingerprint density at radius 2 is 2.11 bits per heavy atom. The Bertz CT molecular complexity index is 550. The molecule has 1 fully saturated rings. The molecule has 0 bridgehead atoms. The Morgan fingerprint density at radius 1 is 1.42 bits per heavy atom. The molecule has 1 aliphatic rings. The van der Waals surface area contributed by atoms with Crippen molar-refractivity contribution in [2.45, 2.75) is 42.5 Å². The van der Waals surface area contributed by atoms with Crippen LogP contribution in [-0.4, -0.2) is 30.0 Å². The maximum atomic E-state index is 12.2. The highest BCUT2D eigenvalue weighted by molar-refractivity contribution is 7.89. The summed E-state index contributed by atoms with van der Waals surface area (Å²) < 4.78 is 27.0. The number of carboxylic acid groups (broad SMARTS) is 1. The van der Waals surface area contributed by atoms with E-state index < -0.39 is 21.5 Å². The van der Waals surface area contributed by atoms with Crippen molar-refractivity contribution in [2.75, 3.05) is 0 Å². The number of nitrogens with zero attached hydrogens (tertiary/aromatic N) is 1. The van der Waals surface area contributed by atoms with Gasteiger partial charge in [-0.15, -0.1) is 0 Å². The van der Waals surface area contributed by atoms with E-state index in [0.29, 0.717) is 12.8 Å². The molecule has 1 aliphatic carbocycles. The highest BCUT2D eigenvalue weighted by atomic mass is 32.2. The lowest BCUT2D eigenvalue weighted by atomic mass is 9.95. The Kier molecular flexibility index (Phi) is 3.86. The second-order valence-electron chi connectivity index (χ2n) is 4.85. The quantitative estimate of drug-likeness (QED) is 0.845. The molecule has 1 aromatic heterocycles. The molecule has 2 rings (SSSR count). The van der Waals surface area contributed by atoms with Crippen LogP contribution < -0.4 is 4.72 Å². The molecule has 104 valence electrons. The molecule has 0 saturated heterocycles. The number of rotatable bonds is 5. The summed E-state index contributed by atoms with van der Waals surface area (Å²) in [6.07, 6.45) is 5.34. The molecule has 0 aromatic carbocycles. The van der Waals surface area contributed by atoms with E-state index in [1.54, 1.807) is 0 Å². The molecule has 1 heterocycles. The molecular formula is C12H16N2O4S. The zero-order chi connectivity index (χ0) is 13.9. The van der Waals surface area contributed by atoms with Gasteiger partial charge in [0.2, 0.25) is 10.0 Å². The molecule has 0 atom stereocenters. The normalized spacial score (nSPS) is 18.3. The van der Waals surface area contributed by atoms with Crippen LogP contribution in [0.3, 0.4) is 0 Å². The molecule has 0 amide bonds. The third kappa shape index (κ3) is 3.30. The van der Waals surface area contributed by atoms with E-state index >= 15 is 0 Å². The summed E-state index contributed by atoms with van der Waals surface area (Å²) in [5.74, 6) is -0.990. The predicted molar refractivity (Wildman–Crippen MR) is 68.0 cm³/mol. The van der Waals surface area contributed by atoms with Crippen molar-refractivity contribution in [3.63, 3.8) is 0 Å². The second-order valence-corrected chi connectivity index (χ2v) is 6.53. The van der Waals surface area contributed by atoms with Gasteiger partial charge in [0.25, 0.3) is 0 Å². The largest absolute Gasteiger partial charge is 0.481 e. The molecule has 0 unspecified atom stereocenters. The van der Waals surface area contributed by atoms with Crippen LogP contribution in [0.15, 0.2) is 29.4 Å². The summed E-state index contributed by atoms with van der Waals surface area (Å²) in [5.41, 5.74) is -0.861. The van der Waals surface area contributed by atoms with Crippen molar-refractivity contribution < 1.29 is 18.3 Å². The molecule has 0 spiro atoms. The summed E-state index contributed by atoms with van der Waals surface area (Å²) >= 11 is 0. The standard InChI is InChI=1S/C12H16N2O4S/c15-11(16)8-12(5-1-2-6-12)14-19(17,18)10-4-3-7-13-9-10/h3-4,7,9,14H,1-2,5-6,8H2,(H,15,16). The Hall–Kier alpha value is -1.47. The molecule has 6 nitrogen and oxygen atoms in total. The van der Waals surface area contributed by atoms with Crippen molar-refractivity contribution in [2.24, 2.45) is 0 Å². The molecule has 0 aliphatic heterocycles. The Labute approximate surface area is 111 Å². The highest BCUT2D eigenvalue weighted by Gasteiger charge is 2.39. The van der Waals surface area contributed by atoms with Crippen molar-refractivity contribution in [3.8, 4) is 0 Å². The topological polar surface area (TPSA) is 96.4 Å². The average Bonchev–Trinajstić information content (AvgIpc) is 2.76. The third-order valence-corrected chi connectivity index (χ3v) is 4.91. The number of carbonyl (C=O) groups is 1. The van der Waals surface area contributed by atoms with E-state index in [1.807, 2.05) is 0 Å². The first-order valence-corrected chi connectivity index (χ1v) is 7.58. The number of nitrogens with one attached hydrogen (secondary N) is 1. The molecule has 19 heavy (non-hydrogen) atoms. The van der Waals surface area contributed by atoms with E-state index in [4.69, 9.17) is 5.11 Å². The minimum absolute atomic E-state index is 0.0617. The highest BCUT2D eigenvalue weighted by Crippen LogP contribution is 2.34. The first-order chi connectivity index (χ1) is 8.94. The summed E-state index contributed by atoms with van der Waals surface area (Å²) in [7, 11) is -3.72. The van der Waals surface area contributed by atoms with Crippen LogP contribution in [0.25, 0.3) is 0 Å². The van der Waals surface area contributed by atoms with E-state index in [9.17, 15) is 13.2 Å². The number of hydrogen-bond donors (Lipinski definition) is 2. The van der Waals surface area contributed by atoms with Gasteiger partial charge in [-0.1, -0.05) is 12.8 Å². The summed E-state index contributed by atoms with van der Waals surface area (Å²) in [5, 5.41) is 8.96. The Morgan fingerprint density at radius 3 is 2.63 bits per heavy atom. The summed E-state index contributed by atoms with van der Waals surface area (Å²) in [6.45, 7) is 0. The smallest absolute Gasteiger partial charge is 0.305 e. The Balaban J connectivity index is 2.24. The maximum absolute atomic E-state index is 12.2. The van der Waals surface area contributed by atoms with Gasteiger partial charge in [-0.2, -0.15) is 0 Å². The molecule has 2 N–H and O–H groups in total. The minimum Gasteiger partial charge on any atom is -0.481 e. The predicted octanol–water partition coefficient (Wildman–Crippen LogP) is 1.15. The fourth-order valence-corrected chi connectivity index (χ4v) is 3.93. The van der Waals surface area contributed by atoms with E-state index in [-0.39, 0.29) is 11.3 Å². The van der Waals surface area contributed by atoms with Crippen molar-refractivity contribution in [3.05, 3.63) is 24.5 Å². The lowest BCUT2D eigenvalue weighted by Crippen LogP contribution is -2.47. The summed E-state index contributed by atoms with van der Waals surface area (Å²) in [6, 6.07) is 2.98. The lowest BCUT2D eigenvalue weighted by molar-refractivity contribution is -0.138. The zero-order valence-corrected chi connectivity index (χ0v) is 11.2. The van der Waals surface area contributed by atoms with Crippen LogP contribution in [0.4, 0.5) is 0 Å². The monoisotopic (exact) mass is 284 g/mol. The SMILES string of the molecule is O=C(O)CC1(NS(=O)(=O)c2cccnc2)CCCC1. The van der Waals surface area contributed by atoms with Gasteiger partial charge in [-0.3, -0.25) is 9.78 Å². The molecular weight excluding hydrogens is 268 g/mol. The number of aliphatic carboxylic acids is 1. The van der Waals surface area contributed by atoms with Crippen LogP contribution in [0.1, 0.15) is 32.1 Å². The number of pyridine rings is 1. The van der Waals surface area contributed by atoms with Gasteiger partial charge in [0.1, 0.15) is 4.90 Å². The van der Waals surface area contributed by atoms with Gasteiger partial charge < -0.3 is 5.11 Å². The lowest BCUT2D eigenvalue weighted by Gasteiger charge is -2.28. The van der Waals surface area contributed by atoms with Crippen LogP contribution in [0, 0.1) is 0 Å². The van der Waals surface area contributed by atoms with E-state index in [2.05, 4.69) is 9.71 Å². The maximum Gasteiger partial charge on any atom is 0.305 e. The van der Waals surface area contributed by atoms with Crippen LogP contribution >= 0.6 is 0 Å². The van der Waals surface area contributed by atoms with Crippen LogP contribution in [-0.2, 0) is 14.8 Å². The van der Waals surface area contributed by atoms with Gasteiger partial charge in [0, 0.05) is 17.9 Å². The van der Waals surface area contributed by atoms with Gasteiger partial charge in [-0.25, -0.2) is 13.1 Å². The molecule has 1 aromatic rings. The van der Waals surface area contributed by atoms with E-state index in [0.717, 1.165) is 12.8 Å². The van der Waals surface area contributed by atoms with E-state index in [1.165, 1.54) is 24.5 Å². The van der Waals surface area contributed by atoms with Crippen LogP contribution in [0.5, 0.6) is 0 Å². The molecule has 7 heteroatoms. The van der Waals surface area contributed by atoms with Gasteiger partial charge >= 0.3 is 5.97 Å². The van der Waals surface area contributed by atoms with Crippen molar-refractivity contribution >= 4 is 16.0 Å². The number of carboxylic acids is 1. The van der Waals surface area contributed by atoms with Crippen molar-refractivity contribution in [1.82, 2.24) is 9.71 Å². The fourth-order valence-electron chi connectivity index (χ4n) is 2.51. The number of aromatic nitrogens is 1. The third-order valence-electron chi connectivity index (χ3n) is 3.35. The first-order valence-electron chi connectivity index (χ1n) is 6.09. The first kappa shape index (κ1) is 14.0. The van der Waals surface area contributed by atoms with Crippen LogP contribution in [0.2, 0.25) is 0 Å². The molecule has 0 radical (unpaired) electrons. The van der Waals surface area contributed by atoms with Gasteiger partial charge in [-0.05, 0) is 25.0 Å².